The van der Waals surface area contributed by atoms with Crippen molar-refractivity contribution in [3.63, 3.8) is 0 Å². The van der Waals surface area contributed by atoms with Crippen LogP contribution in [0.25, 0.3) is 0 Å². The van der Waals surface area contributed by atoms with E-state index in [-0.39, 0.29) is 12.4 Å². The first-order valence-electron chi connectivity index (χ1n) is 6.06. The van der Waals surface area contributed by atoms with Gasteiger partial charge in [-0.3, -0.25) is 0 Å². The topological polar surface area (TPSA) is 34.1 Å². The molecular formula is C14H13ClF2N2O. The van der Waals surface area contributed by atoms with E-state index in [1.54, 1.807) is 12.1 Å². The van der Waals surface area contributed by atoms with Gasteiger partial charge in [0.2, 0.25) is 0 Å². The molecule has 0 spiro atoms. The molecule has 0 atom stereocenters. The van der Waals surface area contributed by atoms with Crippen molar-refractivity contribution in [1.29, 1.82) is 0 Å². The van der Waals surface area contributed by atoms with Crippen molar-refractivity contribution in [1.82, 2.24) is 4.98 Å². The largest absolute Gasteiger partial charge is 0.487 e. The van der Waals surface area contributed by atoms with Crippen LogP contribution in [0.15, 0.2) is 30.3 Å². The van der Waals surface area contributed by atoms with Crippen LogP contribution < -0.4 is 10.1 Å². The standard InChI is InChI=1S/C14H13ClF2N2O/c1-2-18-14-4-3-12(15)13(19-14)8-20-11-6-9(16)5-10(17)7-11/h3-7H,2,8H2,1H3,(H,18,19). The summed E-state index contributed by atoms with van der Waals surface area (Å²) in [4.78, 5) is 4.27. The lowest BCUT2D eigenvalue weighted by molar-refractivity contribution is 0.298. The third kappa shape index (κ3) is 3.81. The first kappa shape index (κ1) is 14.5. The Labute approximate surface area is 120 Å². The number of rotatable bonds is 5. The zero-order chi connectivity index (χ0) is 14.5. The zero-order valence-electron chi connectivity index (χ0n) is 10.8. The van der Waals surface area contributed by atoms with Crippen LogP contribution in [0.2, 0.25) is 5.02 Å². The molecule has 2 aromatic rings. The molecule has 3 nitrogen and oxygen atoms in total. The average molecular weight is 299 g/mol. The molecule has 6 heteroatoms. The van der Waals surface area contributed by atoms with Crippen molar-refractivity contribution in [2.24, 2.45) is 0 Å². The predicted molar refractivity (Wildman–Crippen MR) is 74.1 cm³/mol. The number of hydrogen-bond donors (Lipinski definition) is 1. The lowest BCUT2D eigenvalue weighted by Crippen LogP contribution is -2.04. The maximum atomic E-state index is 13.0. The minimum Gasteiger partial charge on any atom is -0.487 e. The first-order chi connectivity index (χ1) is 9.58. The molecule has 0 unspecified atom stereocenters. The van der Waals surface area contributed by atoms with E-state index in [9.17, 15) is 8.78 Å². The van der Waals surface area contributed by atoms with Gasteiger partial charge in [-0.1, -0.05) is 11.6 Å². The van der Waals surface area contributed by atoms with Crippen LogP contribution in [0.5, 0.6) is 5.75 Å². The van der Waals surface area contributed by atoms with Gasteiger partial charge in [0, 0.05) is 24.7 Å². The highest BCUT2D eigenvalue weighted by atomic mass is 35.5. The first-order valence-corrected chi connectivity index (χ1v) is 6.44. The number of benzene rings is 1. The predicted octanol–water partition coefficient (Wildman–Crippen LogP) is 4.02. The molecule has 0 saturated carbocycles. The van der Waals surface area contributed by atoms with Crippen LogP contribution in [-0.2, 0) is 6.61 Å². The molecular weight excluding hydrogens is 286 g/mol. The van der Waals surface area contributed by atoms with Gasteiger partial charge in [-0.05, 0) is 19.1 Å². The quantitative estimate of drug-likeness (QED) is 0.905. The summed E-state index contributed by atoms with van der Waals surface area (Å²) in [5.41, 5.74) is 0.495. The number of ether oxygens (including phenoxy) is 1. The molecule has 2 rings (SSSR count). The monoisotopic (exact) mass is 298 g/mol. The summed E-state index contributed by atoms with van der Waals surface area (Å²) in [6, 6.07) is 6.43. The van der Waals surface area contributed by atoms with Crippen LogP contribution in [-0.4, -0.2) is 11.5 Å². The van der Waals surface area contributed by atoms with E-state index in [0.717, 1.165) is 24.7 Å². The lowest BCUT2D eigenvalue weighted by atomic mass is 10.3. The van der Waals surface area contributed by atoms with Gasteiger partial charge >= 0.3 is 0 Å². The summed E-state index contributed by atoms with van der Waals surface area (Å²) < 4.78 is 31.4. The number of hydrogen-bond acceptors (Lipinski definition) is 3. The van der Waals surface area contributed by atoms with Gasteiger partial charge in [-0.15, -0.1) is 0 Å². The molecule has 0 fully saturated rings. The summed E-state index contributed by atoms with van der Waals surface area (Å²) in [5, 5.41) is 3.48. The molecule has 20 heavy (non-hydrogen) atoms. The molecule has 0 bridgehead atoms. The normalized spacial score (nSPS) is 10.4. The molecule has 1 aromatic carbocycles. The Morgan fingerprint density at radius 2 is 1.90 bits per heavy atom. The Kier molecular flexibility index (Phi) is 4.74. The van der Waals surface area contributed by atoms with E-state index in [2.05, 4.69) is 10.3 Å². The SMILES string of the molecule is CCNc1ccc(Cl)c(COc2cc(F)cc(F)c2)n1. The molecule has 0 amide bonds. The van der Waals surface area contributed by atoms with Crippen molar-refractivity contribution < 1.29 is 13.5 Å². The highest BCUT2D eigenvalue weighted by Crippen LogP contribution is 2.20. The highest BCUT2D eigenvalue weighted by molar-refractivity contribution is 6.31. The Hall–Kier alpha value is -1.88. The summed E-state index contributed by atoms with van der Waals surface area (Å²) in [6.45, 7) is 2.70. The second kappa shape index (κ2) is 6.52. The molecule has 0 aliphatic rings. The highest BCUT2D eigenvalue weighted by Gasteiger charge is 2.07. The van der Waals surface area contributed by atoms with E-state index in [1.807, 2.05) is 6.92 Å². The van der Waals surface area contributed by atoms with Crippen molar-refractivity contribution in [3.8, 4) is 5.75 Å². The fourth-order valence-electron chi connectivity index (χ4n) is 1.63. The minimum atomic E-state index is -0.694. The smallest absolute Gasteiger partial charge is 0.132 e. The number of aromatic nitrogens is 1. The van der Waals surface area contributed by atoms with Crippen molar-refractivity contribution >= 4 is 17.4 Å². The van der Waals surface area contributed by atoms with Gasteiger partial charge in [0.05, 0.1) is 10.7 Å². The molecule has 0 aliphatic carbocycles. The average Bonchev–Trinajstić information content (AvgIpc) is 2.38. The molecule has 1 heterocycles. The van der Waals surface area contributed by atoms with Gasteiger partial charge < -0.3 is 10.1 Å². The second-order valence-corrected chi connectivity index (χ2v) is 4.46. The van der Waals surface area contributed by atoms with Crippen molar-refractivity contribution in [3.05, 3.63) is 52.7 Å². The summed E-state index contributed by atoms with van der Waals surface area (Å²) in [6.07, 6.45) is 0. The minimum absolute atomic E-state index is 0.0287. The number of nitrogens with one attached hydrogen (secondary N) is 1. The Morgan fingerprint density at radius 3 is 2.55 bits per heavy atom. The van der Waals surface area contributed by atoms with Crippen LogP contribution >= 0.6 is 11.6 Å². The lowest BCUT2D eigenvalue weighted by Gasteiger charge is -2.09. The van der Waals surface area contributed by atoms with Crippen molar-refractivity contribution in [2.75, 3.05) is 11.9 Å². The number of anilines is 1. The number of halogens is 3. The molecule has 0 saturated heterocycles. The van der Waals surface area contributed by atoms with Gasteiger partial charge in [0.25, 0.3) is 0 Å². The third-order valence-corrected chi connectivity index (χ3v) is 2.83. The maximum absolute atomic E-state index is 13.0. The van der Waals surface area contributed by atoms with Gasteiger partial charge in [0.15, 0.2) is 0 Å². The molecule has 1 N–H and O–H groups in total. The van der Waals surface area contributed by atoms with Crippen LogP contribution in [0.1, 0.15) is 12.6 Å². The van der Waals surface area contributed by atoms with Gasteiger partial charge in [0.1, 0.15) is 29.8 Å². The van der Waals surface area contributed by atoms with E-state index in [1.165, 1.54) is 0 Å². The number of pyridine rings is 1. The van der Waals surface area contributed by atoms with E-state index < -0.39 is 11.6 Å². The Balaban J connectivity index is 2.11. The fourth-order valence-corrected chi connectivity index (χ4v) is 1.79. The summed E-state index contributed by atoms with van der Waals surface area (Å²) in [5.74, 6) is -0.629. The summed E-state index contributed by atoms with van der Waals surface area (Å²) >= 11 is 6.01. The van der Waals surface area contributed by atoms with E-state index in [0.29, 0.717) is 16.5 Å². The van der Waals surface area contributed by atoms with Crippen molar-refractivity contribution in [2.45, 2.75) is 13.5 Å². The number of nitrogens with zero attached hydrogens (tertiary/aromatic N) is 1. The van der Waals surface area contributed by atoms with Gasteiger partial charge in [-0.2, -0.15) is 0 Å². The molecule has 0 radical (unpaired) electrons. The van der Waals surface area contributed by atoms with E-state index in [4.69, 9.17) is 16.3 Å². The van der Waals surface area contributed by atoms with Crippen LogP contribution in [0.4, 0.5) is 14.6 Å². The van der Waals surface area contributed by atoms with Crippen LogP contribution in [0.3, 0.4) is 0 Å². The third-order valence-electron chi connectivity index (χ3n) is 2.49. The zero-order valence-corrected chi connectivity index (χ0v) is 11.5. The van der Waals surface area contributed by atoms with E-state index >= 15 is 0 Å². The Bertz CT molecular complexity index is 587. The van der Waals surface area contributed by atoms with Gasteiger partial charge in [-0.25, -0.2) is 13.8 Å². The molecule has 0 aliphatic heterocycles. The van der Waals surface area contributed by atoms with Crippen LogP contribution in [0, 0.1) is 11.6 Å². The summed E-state index contributed by atoms with van der Waals surface area (Å²) in [7, 11) is 0. The molecule has 1 aromatic heterocycles. The maximum Gasteiger partial charge on any atom is 0.132 e. The second-order valence-electron chi connectivity index (χ2n) is 4.05. The Morgan fingerprint density at radius 1 is 1.20 bits per heavy atom. The fraction of sp³-hybridized carbons (Fsp3) is 0.214. The molecule has 106 valence electrons.